The summed E-state index contributed by atoms with van der Waals surface area (Å²) in [4.78, 5) is 17.6. The van der Waals surface area contributed by atoms with Crippen LogP contribution in [0.25, 0.3) is 0 Å². The fourth-order valence-corrected chi connectivity index (χ4v) is 2.65. The number of piperidine rings is 1. The van der Waals surface area contributed by atoms with E-state index < -0.39 is 0 Å². The van der Waals surface area contributed by atoms with Crippen molar-refractivity contribution >= 4 is 27.6 Å². The number of rotatable bonds is 2. The Hall–Kier alpha value is -1.30. The molecule has 0 radical (unpaired) electrons. The van der Waals surface area contributed by atoms with E-state index >= 15 is 0 Å². The van der Waals surface area contributed by atoms with Crippen LogP contribution in [0.3, 0.4) is 0 Å². The number of halogens is 1. The van der Waals surface area contributed by atoms with Crippen molar-refractivity contribution in [1.82, 2.24) is 15.6 Å². The predicted octanol–water partition coefficient (Wildman–Crippen LogP) is 1.74. The van der Waals surface area contributed by atoms with Gasteiger partial charge in [0.25, 0.3) is 0 Å². The van der Waals surface area contributed by atoms with Crippen LogP contribution >= 0.6 is 15.9 Å². The summed E-state index contributed by atoms with van der Waals surface area (Å²) in [7, 11) is 1.64. The molecular formula is C12H17BrN4O. The van der Waals surface area contributed by atoms with Crippen molar-refractivity contribution in [1.29, 1.82) is 0 Å². The fraction of sp³-hybridized carbons (Fsp3) is 0.500. The maximum Gasteiger partial charge on any atom is 0.314 e. The van der Waals surface area contributed by atoms with Crippen molar-refractivity contribution in [2.24, 2.45) is 0 Å². The first-order valence-corrected chi connectivity index (χ1v) is 6.82. The van der Waals surface area contributed by atoms with Gasteiger partial charge in [0.1, 0.15) is 0 Å². The summed E-state index contributed by atoms with van der Waals surface area (Å²) in [6.07, 6.45) is 5.53. The molecule has 6 heteroatoms. The van der Waals surface area contributed by atoms with E-state index in [0.29, 0.717) is 0 Å². The molecule has 0 aliphatic carbocycles. The van der Waals surface area contributed by atoms with Crippen LogP contribution in [-0.2, 0) is 0 Å². The predicted molar refractivity (Wildman–Crippen MR) is 74.8 cm³/mol. The van der Waals surface area contributed by atoms with Crippen LogP contribution in [0, 0.1) is 0 Å². The van der Waals surface area contributed by atoms with E-state index in [1.807, 2.05) is 12.3 Å². The van der Waals surface area contributed by atoms with E-state index in [9.17, 15) is 4.79 Å². The van der Waals surface area contributed by atoms with Crippen LogP contribution < -0.4 is 15.5 Å². The SMILES string of the molecule is CNC(=O)NC1CCN(c2ccncc2Br)CC1. The second-order valence-electron chi connectivity index (χ2n) is 4.31. The van der Waals surface area contributed by atoms with E-state index in [0.717, 1.165) is 30.4 Å². The molecule has 18 heavy (non-hydrogen) atoms. The summed E-state index contributed by atoms with van der Waals surface area (Å²) in [5, 5.41) is 5.54. The average molecular weight is 313 g/mol. The number of anilines is 1. The number of carbonyl (C=O) groups excluding carboxylic acids is 1. The molecule has 0 unspecified atom stereocenters. The van der Waals surface area contributed by atoms with E-state index in [2.05, 4.69) is 36.4 Å². The van der Waals surface area contributed by atoms with Crippen molar-refractivity contribution in [3.63, 3.8) is 0 Å². The zero-order valence-electron chi connectivity index (χ0n) is 10.3. The minimum Gasteiger partial charge on any atom is -0.370 e. The van der Waals surface area contributed by atoms with Crippen LogP contribution in [0.5, 0.6) is 0 Å². The first-order valence-electron chi connectivity index (χ1n) is 6.03. The monoisotopic (exact) mass is 312 g/mol. The van der Waals surface area contributed by atoms with Gasteiger partial charge in [-0.3, -0.25) is 4.98 Å². The lowest BCUT2D eigenvalue weighted by molar-refractivity contribution is 0.236. The number of amides is 2. The molecule has 0 bridgehead atoms. The molecule has 0 saturated carbocycles. The Kier molecular flexibility index (Phi) is 4.41. The molecule has 2 heterocycles. The summed E-state index contributed by atoms with van der Waals surface area (Å²) >= 11 is 3.51. The highest BCUT2D eigenvalue weighted by molar-refractivity contribution is 9.10. The highest BCUT2D eigenvalue weighted by Gasteiger charge is 2.21. The Morgan fingerprint density at radius 3 is 2.83 bits per heavy atom. The molecule has 2 rings (SSSR count). The topological polar surface area (TPSA) is 57.3 Å². The molecule has 1 aliphatic heterocycles. The summed E-state index contributed by atoms with van der Waals surface area (Å²) in [6, 6.07) is 2.18. The van der Waals surface area contributed by atoms with Crippen molar-refractivity contribution in [2.75, 3.05) is 25.0 Å². The van der Waals surface area contributed by atoms with Gasteiger partial charge in [0.05, 0.1) is 10.2 Å². The van der Waals surface area contributed by atoms with E-state index in [4.69, 9.17) is 0 Å². The molecule has 0 atom stereocenters. The minimum atomic E-state index is -0.0986. The Morgan fingerprint density at radius 2 is 2.22 bits per heavy atom. The Bertz CT molecular complexity index is 418. The first-order chi connectivity index (χ1) is 8.70. The number of hydrogen-bond donors (Lipinski definition) is 2. The van der Waals surface area contributed by atoms with Crippen LogP contribution in [0.2, 0.25) is 0 Å². The summed E-state index contributed by atoms with van der Waals surface area (Å²) < 4.78 is 1.02. The Labute approximate surface area is 115 Å². The van der Waals surface area contributed by atoms with Crippen molar-refractivity contribution < 1.29 is 4.79 Å². The van der Waals surface area contributed by atoms with Crippen LogP contribution in [0.4, 0.5) is 10.5 Å². The molecule has 0 aromatic carbocycles. The van der Waals surface area contributed by atoms with E-state index in [1.165, 1.54) is 5.69 Å². The second kappa shape index (κ2) is 6.04. The van der Waals surface area contributed by atoms with Crippen molar-refractivity contribution in [3.05, 3.63) is 22.9 Å². The molecule has 2 N–H and O–H groups in total. The molecule has 98 valence electrons. The number of carbonyl (C=O) groups is 1. The fourth-order valence-electron chi connectivity index (χ4n) is 2.15. The standard InChI is InChI=1S/C12H17BrN4O/c1-14-12(18)16-9-3-6-17(7-4-9)11-2-5-15-8-10(11)13/h2,5,8-9H,3-4,6-7H2,1H3,(H2,14,16,18). The van der Waals surface area contributed by atoms with Crippen LogP contribution in [0.15, 0.2) is 22.9 Å². The maximum absolute atomic E-state index is 11.2. The molecule has 5 nitrogen and oxygen atoms in total. The second-order valence-corrected chi connectivity index (χ2v) is 5.17. The van der Waals surface area contributed by atoms with Gasteiger partial charge < -0.3 is 15.5 Å². The summed E-state index contributed by atoms with van der Waals surface area (Å²) in [6.45, 7) is 1.88. The van der Waals surface area contributed by atoms with Gasteiger partial charge in [-0.2, -0.15) is 0 Å². The number of aromatic nitrogens is 1. The van der Waals surface area contributed by atoms with Gasteiger partial charge in [0, 0.05) is 38.6 Å². The van der Waals surface area contributed by atoms with Gasteiger partial charge in [-0.05, 0) is 34.8 Å². The molecule has 1 aromatic rings. The van der Waals surface area contributed by atoms with Gasteiger partial charge in [-0.1, -0.05) is 0 Å². The number of nitrogens with zero attached hydrogens (tertiary/aromatic N) is 2. The van der Waals surface area contributed by atoms with Gasteiger partial charge in [0.2, 0.25) is 0 Å². The quantitative estimate of drug-likeness (QED) is 0.874. The first kappa shape index (κ1) is 13.1. The molecule has 1 aliphatic rings. The number of urea groups is 1. The molecule has 1 aromatic heterocycles. The van der Waals surface area contributed by atoms with Crippen molar-refractivity contribution in [3.8, 4) is 0 Å². The normalized spacial score (nSPS) is 16.4. The Balaban J connectivity index is 1.91. The minimum absolute atomic E-state index is 0.0986. The largest absolute Gasteiger partial charge is 0.370 e. The molecule has 2 amide bonds. The summed E-state index contributed by atoms with van der Waals surface area (Å²) in [5.41, 5.74) is 1.17. The highest BCUT2D eigenvalue weighted by atomic mass is 79.9. The number of pyridine rings is 1. The highest BCUT2D eigenvalue weighted by Crippen LogP contribution is 2.27. The van der Waals surface area contributed by atoms with Gasteiger partial charge in [-0.15, -0.1) is 0 Å². The van der Waals surface area contributed by atoms with Gasteiger partial charge >= 0.3 is 6.03 Å². The lowest BCUT2D eigenvalue weighted by atomic mass is 10.0. The molecule has 1 fully saturated rings. The van der Waals surface area contributed by atoms with E-state index in [-0.39, 0.29) is 12.1 Å². The molecular weight excluding hydrogens is 296 g/mol. The Morgan fingerprint density at radius 1 is 1.50 bits per heavy atom. The number of hydrogen-bond acceptors (Lipinski definition) is 3. The lowest BCUT2D eigenvalue weighted by Gasteiger charge is -2.34. The lowest BCUT2D eigenvalue weighted by Crippen LogP contribution is -2.47. The summed E-state index contributed by atoms with van der Waals surface area (Å²) in [5.74, 6) is 0. The third-order valence-electron chi connectivity index (χ3n) is 3.15. The smallest absolute Gasteiger partial charge is 0.314 e. The average Bonchev–Trinajstić information content (AvgIpc) is 2.40. The third kappa shape index (κ3) is 3.13. The van der Waals surface area contributed by atoms with Crippen molar-refractivity contribution in [2.45, 2.75) is 18.9 Å². The maximum atomic E-state index is 11.2. The third-order valence-corrected chi connectivity index (χ3v) is 3.76. The van der Waals surface area contributed by atoms with Gasteiger partial charge in [-0.25, -0.2) is 4.79 Å². The molecule has 0 spiro atoms. The van der Waals surface area contributed by atoms with E-state index in [1.54, 1.807) is 13.2 Å². The molecule has 1 saturated heterocycles. The van der Waals surface area contributed by atoms with Crippen LogP contribution in [0.1, 0.15) is 12.8 Å². The van der Waals surface area contributed by atoms with Crippen LogP contribution in [-0.4, -0.2) is 37.2 Å². The number of nitrogens with one attached hydrogen (secondary N) is 2. The van der Waals surface area contributed by atoms with Gasteiger partial charge in [0.15, 0.2) is 0 Å². The zero-order chi connectivity index (χ0) is 13.0. The zero-order valence-corrected chi connectivity index (χ0v) is 11.9.